The molecule has 3 saturated heterocycles. The molecule has 3 unspecified atom stereocenters. The number of aliphatic hydroxyl groups is 1. The Morgan fingerprint density at radius 3 is 2.61 bits per heavy atom. The molecular weight excluding hydrogens is 402 g/mol. The summed E-state index contributed by atoms with van der Waals surface area (Å²) in [5.41, 5.74) is 0.945. The van der Waals surface area contributed by atoms with Gasteiger partial charge in [0, 0.05) is 12.5 Å². The van der Waals surface area contributed by atoms with Gasteiger partial charge in [0.25, 0.3) is 5.91 Å². The number of piperidine rings is 1. The fraction of sp³-hybridized carbons (Fsp3) is 0.500. The van der Waals surface area contributed by atoms with E-state index in [1.54, 1.807) is 0 Å². The van der Waals surface area contributed by atoms with Gasteiger partial charge in [-0.05, 0) is 31.2 Å². The Labute approximate surface area is 179 Å². The Balaban J connectivity index is 1.22. The lowest BCUT2D eigenvalue weighted by Crippen LogP contribution is -2.49. The average Bonchev–Trinajstić information content (AvgIpc) is 3.18. The molecule has 3 heterocycles. The average molecular weight is 427 g/mol. The zero-order chi connectivity index (χ0) is 21.5. The van der Waals surface area contributed by atoms with E-state index in [0.29, 0.717) is 32.2 Å². The Morgan fingerprint density at radius 1 is 1.06 bits per heavy atom. The summed E-state index contributed by atoms with van der Waals surface area (Å²) in [5.74, 6) is -1.74. The van der Waals surface area contributed by atoms with Crippen LogP contribution in [0.15, 0.2) is 42.5 Å². The summed E-state index contributed by atoms with van der Waals surface area (Å²) in [6.45, 7) is 0.621. The van der Waals surface area contributed by atoms with E-state index in [1.165, 1.54) is 9.96 Å². The zero-order valence-electron chi connectivity index (χ0n) is 17.0. The van der Waals surface area contributed by atoms with Crippen LogP contribution < -0.4 is 0 Å². The minimum absolute atomic E-state index is 0.131. The van der Waals surface area contributed by atoms with Crippen LogP contribution >= 0.6 is 0 Å². The van der Waals surface area contributed by atoms with E-state index in [9.17, 15) is 19.5 Å². The van der Waals surface area contributed by atoms with Gasteiger partial charge in [0.05, 0.1) is 12.0 Å². The number of hydrogen-bond acceptors (Lipinski definition) is 6. The number of carbonyl (C=O) groups is 3. The summed E-state index contributed by atoms with van der Waals surface area (Å²) in [6.07, 6.45) is 4.76. The molecule has 0 saturated carbocycles. The van der Waals surface area contributed by atoms with Crippen LogP contribution in [-0.2, 0) is 25.9 Å². The van der Waals surface area contributed by atoms with Gasteiger partial charge in [0.15, 0.2) is 6.23 Å². The number of benzene rings is 1. The molecule has 3 amide bonds. The molecule has 5 atom stereocenters. The normalized spacial score (nSPS) is 31.9. The number of aliphatic hydroxyl groups excluding tert-OH is 1. The number of urea groups is 1. The van der Waals surface area contributed by atoms with Crippen molar-refractivity contribution >= 4 is 17.9 Å². The van der Waals surface area contributed by atoms with E-state index in [2.05, 4.69) is 0 Å². The largest absolute Gasteiger partial charge is 0.370 e. The van der Waals surface area contributed by atoms with Crippen LogP contribution in [0.4, 0.5) is 4.79 Å². The molecule has 1 N–H and O–H groups in total. The van der Waals surface area contributed by atoms with E-state index in [-0.39, 0.29) is 36.4 Å². The van der Waals surface area contributed by atoms with Gasteiger partial charge in [-0.3, -0.25) is 9.63 Å². The molecule has 164 valence electrons. The fourth-order valence-electron chi connectivity index (χ4n) is 4.93. The van der Waals surface area contributed by atoms with E-state index in [1.807, 2.05) is 42.5 Å². The van der Waals surface area contributed by atoms with Crippen molar-refractivity contribution in [3.8, 4) is 0 Å². The summed E-state index contributed by atoms with van der Waals surface area (Å²) < 4.78 is 0. The molecule has 9 heteroatoms. The second kappa shape index (κ2) is 7.97. The topological polar surface area (TPSA) is 99.6 Å². The molecule has 1 aromatic carbocycles. The molecule has 2 bridgehead atoms. The first-order valence-corrected chi connectivity index (χ1v) is 10.7. The maximum atomic E-state index is 12.9. The molecule has 0 aromatic heterocycles. The predicted molar refractivity (Wildman–Crippen MR) is 106 cm³/mol. The smallest absolute Gasteiger partial charge is 0.354 e. The van der Waals surface area contributed by atoms with Crippen LogP contribution in [0.3, 0.4) is 0 Å². The lowest BCUT2D eigenvalue weighted by Gasteiger charge is -2.30. The van der Waals surface area contributed by atoms with Gasteiger partial charge in [-0.1, -0.05) is 42.5 Å². The van der Waals surface area contributed by atoms with E-state index < -0.39 is 18.2 Å². The van der Waals surface area contributed by atoms with Crippen LogP contribution in [0.25, 0.3) is 0 Å². The Kier molecular flexibility index (Phi) is 5.15. The molecule has 9 nitrogen and oxygen atoms in total. The van der Waals surface area contributed by atoms with Crippen molar-refractivity contribution in [3.63, 3.8) is 0 Å². The molecule has 0 radical (unpaired) electrons. The lowest BCUT2D eigenvalue weighted by molar-refractivity contribution is -0.228. The summed E-state index contributed by atoms with van der Waals surface area (Å²) in [4.78, 5) is 50.9. The van der Waals surface area contributed by atoms with Gasteiger partial charge in [0.1, 0.15) is 12.6 Å². The fourth-order valence-corrected chi connectivity index (χ4v) is 4.93. The third-order valence-electron chi connectivity index (χ3n) is 6.64. The summed E-state index contributed by atoms with van der Waals surface area (Å²) >= 11 is 0. The molecule has 3 aliphatic heterocycles. The number of fused-ring (bicyclic) bond motifs is 3. The van der Waals surface area contributed by atoms with Gasteiger partial charge < -0.3 is 14.8 Å². The molecule has 0 spiro atoms. The first kappa shape index (κ1) is 20.0. The summed E-state index contributed by atoms with van der Waals surface area (Å²) in [5, 5.41) is 12.6. The van der Waals surface area contributed by atoms with Gasteiger partial charge in [-0.15, -0.1) is 5.06 Å². The molecule has 5 rings (SSSR count). The zero-order valence-corrected chi connectivity index (χ0v) is 17.0. The quantitative estimate of drug-likeness (QED) is 0.717. The predicted octanol–water partition coefficient (Wildman–Crippen LogP) is 1.59. The summed E-state index contributed by atoms with van der Waals surface area (Å²) in [7, 11) is 0. The van der Waals surface area contributed by atoms with Gasteiger partial charge >= 0.3 is 12.0 Å². The third kappa shape index (κ3) is 3.47. The lowest BCUT2D eigenvalue weighted by atomic mass is 9.85. The van der Waals surface area contributed by atoms with Gasteiger partial charge in [0.2, 0.25) is 0 Å². The number of amides is 3. The van der Waals surface area contributed by atoms with Crippen LogP contribution in [0.2, 0.25) is 0 Å². The second-order valence-electron chi connectivity index (χ2n) is 8.47. The first-order valence-electron chi connectivity index (χ1n) is 10.7. The number of rotatable bonds is 5. The Bertz CT molecular complexity index is 906. The van der Waals surface area contributed by atoms with Crippen molar-refractivity contribution in [1.29, 1.82) is 0 Å². The van der Waals surface area contributed by atoms with E-state index >= 15 is 0 Å². The second-order valence-corrected chi connectivity index (χ2v) is 8.47. The number of allylic oxidation sites excluding steroid dienone is 2. The van der Waals surface area contributed by atoms with Crippen LogP contribution in [0.1, 0.15) is 31.2 Å². The first-order chi connectivity index (χ1) is 15.0. The SMILES string of the molecule is O=C(ON1C(=O)C2CC=CCC2C1O)[C@@H]1CC[C@@H]2CN1C(=O)N2OCc1ccccc1. The van der Waals surface area contributed by atoms with Crippen LogP contribution in [-0.4, -0.2) is 62.9 Å². The number of hydroxylamine groups is 4. The molecule has 1 aliphatic carbocycles. The standard InChI is InChI=1S/C22H25N3O6/c26-19-16-8-4-5-9-17(16)20(27)25(19)31-21(28)18-11-10-15-12-23(18)22(29)24(15)30-13-14-6-2-1-3-7-14/h1-7,15-19,26H,8-13H2/t15-,16?,17?,18+,19?/m1/s1. The Morgan fingerprint density at radius 2 is 1.84 bits per heavy atom. The minimum Gasteiger partial charge on any atom is -0.370 e. The Hall–Kier alpha value is -2.91. The van der Waals surface area contributed by atoms with Crippen LogP contribution in [0.5, 0.6) is 0 Å². The highest BCUT2D eigenvalue weighted by Gasteiger charge is 2.52. The van der Waals surface area contributed by atoms with Gasteiger partial charge in [-0.2, -0.15) is 5.06 Å². The van der Waals surface area contributed by atoms with Crippen molar-refractivity contribution in [1.82, 2.24) is 15.0 Å². The number of hydrogen-bond donors (Lipinski definition) is 1. The van der Waals surface area contributed by atoms with Crippen molar-refractivity contribution < 1.29 is 29.2 Å². The highest BCUT2D eigenvalue weighted by molar-refractivity contribution is 5.87. The molecule has 31 heavy (non-hydrogen) atoms. The van der Waals surface area contributed by atoms with Crippen molar-refractivity contribution in [2.45, 2.75) is 50.6 Å². The monoisotopic (exact) mass is 427 g/mol. The van der Waals surface area contributed by atoms with Crippen molar-refractivity contribution in [3.05, 3.63) is 48.0 Å². The maximum Gasteiger partial charge on any atom is 0.354 e. The van der Waals surface area contributed by atoms with E-state index in [0.717, 1.165) is 10.6 Å². The van der Waals surface area contributed by atoms with E-state index in [4.69, 9.17) is 9.68 Å². The van der Waals surface area contributed by atoms with Crippen LogP contribution in [0, 0.1) is 11.8 Å². The molecule has 1 aromatic rings. The molecule has 3 fully saturated rings. The highest BCUT2D eigenvalue weighted by Crippen LogP contribution is 2.38. The summed E-state index contributed by atoms with van der Waals surface area (Å²) in [6, 6.07) is 8.22. The van der Waals surface area contributed by atoms with Crippen molar-refractivity contribution in [2.24, 2.45) is 11.8 Å². The van der Waals surface area contributed by atoms with Gasteiger partial charge in [-0.25, -0.2) is 9.59 Å². The number of nitrogens with zero attached hydrogens (tertiary/aromatic N) is 3. The number of carbonyl (C=O) groups excluding carboxylic acids is 3. The highest BCUT2D eigenvalue weighted by atomic mass is 16.7. The van der Waals surface area contributed by atoms with Crippen molar-refractivity contribution in [2.75, 3.05) is 6.54 Å². The maximum absolute atomic E-state index is 12.9. The third-order valence-corrected chi connectivity index (χ3v) is 6.64. The molecule has 4 aliphatic rings. The minimum atomic E-state index is -1.16. The molecular formula is C22H25N3O6.